The molecule has 0 aliphatic heterocycles. The maximum Gasteiger partial charge on any atom is 0.129 e. The van der Waals surface area contributed by atoms with E-state index in [4.69, 9.17) is 11.6 Å². The number of aliphatic hydroxyl groups excluding tert-OH is 1. The summed E-state index contributed by atoms with van der Waals surface area (Å²) < 4.78 is 13.9. The van der Waals surface area contributed by atoms with Gasteiger partial charge in [0.15, 0.2) is 0 Å². The molecule has 1 aliphatic carbocycles. The number of aliphatic hydroxyl groups is 1. The molecule has 1 atom stereocenters. The van der Waals surface area contributed by atoms with E-state index in [2.05, 4.69) is 5.32 Å². The van der Waals surface area contributed by atoms with Gasteiger partial charge in [-0.1, -0.05) is 43.4 Å². The molecule has 1 aromatic carbocycles. The van der Waals surface area contributed by atoms with Crippen LogP contribution in [0.15, 0.2) is 18.2 Å². The summed E-state index contributed by atoms with van der Waals surface area (Å²) in [6, 6.07) is 4.56. The molecule has 1 saturated carbocycles. The number of rotatable bonds is 4. The Kier molecular flexibility index (Phi) is 5.61. The van der Waals surface area contributed by atoms with E-state index < -0.39 is 6.04 Å². The molecule has 4 heteroatoms. The molecule has 2 nitrogen and oxygen atoms in total. The van der Waals surface area contributed by atoms with Crippen molar-refractivity contribution in [3.63, 3.8) is 0 Å². The van der Waals surface area contributed by atoms with Gasteiger partial charge >= 0.3 is 0 Å². The van der Waals surface area contributed by atoms with Crippen molar-refractivity contribution in [2.75, 3.05) is 6.61 Å². The van der Waals surface area contributed by atoms with Gasteiger partial charge in [-0.15, -0.1) is 0 Å². The second-order valence-electron chi connectivity index (χ2n) is 5.23. The second-order valence-corrected chi connectivity index (χ2v) is 5.63. The average molecular weight is 286 g/mol. The number of hydrogen-bond acceptors (Lipinski definition) is 2. The van der Waals surface area contributed by atoms with Crippen LogP contribution in [-0.4, -0.2) is 17.8 Å². The van der Waals surface area contributed by atoms with Gasteiger partial charge in [0.1, 0.15) is 5.82 Å². The molecule has 19 heavy (non-hydrogen) atoms. The fraction of sp³-hybridized carbons (Fsp3) is 0.600. The molecular weight excluding hydrogens is 265 g/mol. The smallest absolute Gasteiger partial charge is 0.129 e. The van der Waals surface area contributed by atoms with Crippen LogP contribution in [0.5, 0.6) is 0 Å². The van der Waals surface area contributed by atoms with Crippen molar-refractivity contribution in [2.24, 2.45) is 0 Å². The lowest BCUT2D eigenvalue weighted by Gasteiger charge is -2.25. The first kappa shape index (κ1) is 14.8. The van der Waals surface area contributed by atoms with Crippen molar-refractivity contribution in [1.29, 1.82) is 0 Å². The third-order valence-electron chi connectivity index (χ3n) is 3.82. The van der Waals surface area contributed by atoms with Crippen LogP contribution in [0.2, 0.25) is 5.02 Å². The Morgan fingerprint density at radius 3 is 2.53 bits per heavy atom. The Morgan fingerprint density at radius 1 is 1.26 bits per heavy atom. The Morgan fingerprint density at radius 2 is 1.95 bits per heavy atom. The Hall–Kier alpha value is -0.640. The molecule has 1 fully saturated rings. The van der Waals surface area contributed by atoms with E-state index in [0.717, 1.165) is 12.8 Å². The van der Waals surface area contributed by atoms with Gasteiger partial charge in [0.05, 0.1) is 12.6 Å². The monoisotopic (exact) mass is 285 g/mol. The number of nitrogens with one attached hydrogen (secondary N) is 1. The minimum atomic E-state index is -0.420. The Balaban J connectivity index is 2.10. The van der Waals surface area contributed by atoms with Gasteiger partial charge in [-0.3, -0.25) is 0 Å². The van der Waals surface area contributed by atoms with Crippen LogP contribution in [0.1, 0.15) is 50.1 Å². The summed E-state index contributed by atoms with van der Waals surface area (Å²) >= 11 is 6.06. The van der Waals surface area contributed by atoms with E-state index in [0.29, 0.717) is 16.6 Å². The number of benzene rings is 1. The first-order valence-electron chi connectivity index (χ1n) is 7.03. The number of hydrogen-bond donors (Lipinski definition) is 2. The SMILES string of the molecule is OCC(NC1CCCCCC1)c1c(F)cccc1Cl. The Bertz CT molecular complexity index is 385. The van der Waals surface area contributed by atoms with Crippen LogP contribution in [0.3, 0.4) is 0 Å². The van der Waals surface area contributed by atoms with Gasteiger partial charge in [0, 0.05) is 16.6 Å². The van der Waals surface area contributed by atoms with Crippen molar-refractivity contribution in [3.05, 3.63) is 34.6 Å². The summed E-state index contributed by atoms with van der Waals surface area (Å²) in [5.74, 6) is -0.354. The van der Waals surface area contributed by atoms with Gasteiger partial charge in [0.2, 0.25) is 0 Å². The van der Waals surface area contributed by atoms with Crippen molar-refractivity contribution in [2.45, 2.75) is 50.6 Å². The fourth-order valence-corrected chi connectivity index (χ4v) is 3.10. The predicted octanol–water partition coefficient (Wildman–Crippen LogP) is 3.82. The zero-order valence-corrected chi connectivity index (χ0v) is 11.8. The van der Waals surface area contributed by atoms with E-state index >= 15 is 0 Å². The minimum absolute atomic E-state index is 0.142. The van der Waals surface area contributed by atoms with E-state index in [1.54, 1.807) is 12.1 Å². The summed E-state index contributed by atoms with van der Waals surface area (Å²) in [5.41, 5.74) is 0.385. The van der Waals surface area contributed by atoms with Crippen molar-refractivity contribution in [3.8, 4) is 0 Å². The zero-order valence-electron chi connectivity index (χ0n) is 11.0. The lowest BCUT2D eigenvalue weighted by Crippen LogP contribution is -2.35. The standard InChI is InChI=1S/C15H21ClFNO/c16-12-8-5-9-13(17)15(12)14(10-19)18-11-6-3-1-2-4-7-11/h5,8-9,11,14,18-19H,1-4,6-7,10H2. The van der Waals surface area contributed by atoms with E-state index in [-0.39, 0.29) is 12.4 Å². The summed E-state index contributed by atoms with van der Waals surface area (Å²) in [5, 5.41) is 13.3. The molecule has 0 heterocycles. The number of halogens is 2. The molecule has 0 bridgehead atoms. The molecule has 2 rings (SSSR count). The van der Waals surface area contributed by atoms with E-state index in [1.807, 2.05) is 0 Å². The third-order valence-corrected chi connectivity index (χ3v) is 4.15. The molecule has 0 saturated heterocycles. The lowest BCUT2D eigenvalue weighted by molar-refractivity contribution is 0.225. The summed E-state index contributed by atoms with van der Waals surface area (Å²) in [6.07, 6.45) is 7.09. The molecule has 1 aliphatic rings. The van der Waals surface area contributed by atoms with Gasteiger partial charge in [-0.25, -0.2) is 4.39 Å². The molecular formula is C15H21ClFNO. The van der Waals surface area contributed by atoms with Gasteiger partial charge in [0.25, 0.3) is 0 Å². The van der Waals surface area contributed by atoms with E-state index in [9.17, 15) is 9.50 Å². The molecule has 0 amide bonds. The molecule has 0 radical (unpaired) electrons. The summed E-state index contributed by atoms with van der Waals surface area (Å²) in [7, 11) is 0. The quantitative estimate of drug-likeness (QED) is 0.824. The van der Waals surface area contributed by atoms with Crippen LogP contribution in [-0.2, 0) is 0 Å². The Labute approximate surface area is 119 Å². The van der Waals surface area contributed by atoms with E-state index in [1.165, 1.54) is 31.7 Å². The van der Waals surface area contributed by atoms with Crippen molar-refractivity contribution in [1.82, 2.24) is 5.32 Å². The highest BCUT2D eigenvalue weighted by molar-refractivity contribution is 6.31. The maximum atomic E-state index is 13.9. The molecule has 0 aromatic heterocycles. The first-order valence-corrected chi connectivity index (χ1v) is 7.41. The zero-order chi connectivity index (χ0) is 13.7. The minimum Gasteiger partial charge on any atom is -0.394 e. The summed E-state index contributed by atoms with van der Waals surface area (Å²) in [4.78, 5) is 0. The third kappa shape index (κ3) is 3.91. The maximum absolute atomic E-state index is 13.9. The highest BCUT2D eigenvalue weighted by atomic mass is 35.5. The normalized spacial score (nSPS) is 19.1. The van der Waals surface area contributed by atoms with Crippen LogP contribution in [0.4, 0.5) is 4.39 Å². The van der Waals surface area contributed by atoms with Crippen LogP contribution < -0.4 is 5.32 Å². The van der Waals surface area contributed by atoms with Crippen LogP contribution in [0.25, 0.3) is 0 Å². The van der Waals surface area contributed by atoms with Crippen molar-refractivity contribution < 1.29 is 9.50 Å². The predicted molar refractivity (Wildman–Crippen MR) is 75.9 cm³/mol. The highest BCUT2D eigenvalue weighted by Gasteiger charge is 2.22. The molecule has 0 spiro atoms. The van der Waals surface area contributed by atoms with Crippen molar-refractivity contribution >= 4 is 11.6 Å². The fourth-order valence-electron chi connectivity index (χ4n) is 2.80. The molecule has 1 unspecified atom stereocenters. The van der Waals surface area contributed by atoms with Gasteiger partial charge in [-0.05, 0) is 25.0 Å². The van der Waals surface area contributed by atoms with Gasteiger partial charge < -0.3 is 10.4 Å². The highest BCUT2D eigenvalue weighted by Crippen LogP contribution is 2.27. The second kappa shape index (κ2) is 7.22. The lowest BCUT2D eigenvalue weighted by atomic mass is 10.0. The summed E-state index contributed by atoms with van der Waals surface area (Å²) in [6.45, 7) is -0.142. The first-order chi connectivity index (χ1) is 9.22. The van der Waals surface area contributed by atoms with Gasteiger partial charge in [-0.2, -0.15) is 0 Å². The van der Waals surface area contributed by atoms with Crippen LogP contribution >= 0.6 is 11.6 Å². The topological polar surface area (TPSA) is 32.3 Å². The molecule has 2 N–H and O–H groups in total. The average Bonchev–Trinajstić information content (AvgIpc) is 2.65. The molecule has 1 aromatic rings. The van der Waals surface area contributed by atoms with Crippen LogP contribution in [0, 0.1) is 5.82 Å². The molecule has 106 valence electrons. The largest absolute Gasteiger partial charge is 0.394 e.